The molecule has 0 saturated heterocycles. The van der Waals surface area contributed by atoms with Gasteiger partial charge < -0.3 is 0 Å². The molecule has 7 rings (SSSR count). The Morgan fingerprint density at radius 3 is 1.44 bits per heavy atom. The van der Waals surface area contributed by atoms with Gasteiger partial charge in [0.05, 0.1) is 0 Å². The Balaban J connectivity index is 1.61. The fraction of sp³-hybridized carbons (Fsp3) is 0.0588. The van der Waals surface area contributed by atoms with E-state index < -0.39 is 0 Å². The minimum Gasteiger partial charge on any atom is -0.0622 e. The summed E-state index contributed by atoms with van der Waals surface area (Å²) in [6, 6.07) is 40.4. The van der Waals surface area contributed by atoms with Gasteiger partial charge in [-0.15, -0.1) is 0 Å². The van der Waals surface area contributed by atoms with Crippen molar-refractivity contribution in [2.45, 2.75) is 13.8 Å². The highest BCUT2D eigenvalue weighted by Crippen LogP contribution is 2.54. The standard InChI is InChI=1S/C34H24/c1-21-12-15-26-25-10-6-7-11-29(25)33(30(26)18-21)34-31-19-22(2)13-16-27(31)28-17-14-24(20-32(28)34)23-8-4-3-5-9-23/h3-20H,1-2H3/b34-33+. The second kappa shape index (κ2) is 7.17. The molecule has 0 heterocycles. The van der Waals surface area contributed by atoms with Crippen LogP contribution >= 0.6 is 0 Å². The van der Waals surface area contributed by atoms with Crippen molar-refractivity contribution in [1.82, 2.24) is 0 Å². The maximum absolute atomic E-state index is 2.40. The van der Waals surface area contributed by atoms with Crippen LogP contribution in [0.4, 0.5) is 0 Å². The Labute approximate surface area is 200 Å². The molecule has 160 valence electrons. The Kier molecular flexibility index (Phi) is 4.07. The van der Waals surface area contributed by atoms with E-state index in [4.69, 9.17) is 0 Å². The van der Waals surface area contributed by atoms with E-state index in [0.717, 1.165) is 0 Å². The van der Waals surface area contributed by atoms with Crippen LogP contribution in [-0.2, 0) is 0 Å². The summed E-state index contributed by atoms with van der Waals surface area (Å²) in [5, 5.41) is 0. The van der Waals surface area contributed by atoms with Crippen LogP contribution in [0.5, 0.6) is 0 Å². The summed E-state index contributed by atoms with van der Waals surface area (Å²) in [6.45, 7) is 4.39. The molecule has 2 aliphatic carbocycles. The van der Waals surface area contributed by atoms with Gasteiger partial charge in [0.25, 0.3) is 0 Å². The van der Waals surface area contributed by atoms with Crippen molar-refractivity contribution in [3.63, 3.8) is 0 Å². The molecule has 0 fully saturated rings. The van der Waals surface area contributed by atoms with Gasteiger partial charge in [-0.2, -0.15) is 0 Å². The van der Waals surface area contributed by atoms with Crippen molar-refractivity contribution < 1.29 is 0 Å². The molecule has 2 aliphatic rings. The summed E-state index contributed by atoms with van der Waals surface area (Å²) in [5.74, 6) is 0. The number of benzene rings is 5. The molecule has 0 heteroatoms. The lowest BCUT2D eigenvalue weighted by Gasteiger charge is -2.13. The van der Waals surface area contributed by atoms with Crippen molar-refractivity contribution in [1.29, 1.82) is 0 Å². The van der Waals surface area contributed by atoms with E-state index in [1.54, 1.807) is 0 Å². The minimum absolute atomic E-state index is 1.25. The molecule has 0 bridgehead atoms. The zero-order chi connectivity index (χ0) is 22.8. The van der Waals surface area contributed by atoms with Gasteiger partial charge >= 0.3 is 0 Å². The summed E-state index contributed by atoms with van der Waals surface area (Å²) >= 11 is 0. The lowest BCUT2D eigenvalue weighted by atomic mass is 9.90. The molecule has 0 unspecified atom stereocenters. The summed E-state index contributed by atoms with van der Waals surface area (Å²) < 4.78 is 0. The average molecular weight is 433 g/mol. The first-order valence-corrected chi connectivity index (χ1v) is 12.0. The lowest BCUT2D eigenvalue weighted by Crippen LogP contribution is -1.92. The van der Waals surface area contributed by atoms with Gasteiger partial charge in [-0.05, 0) is 86.7 Å². The summed E-state index contributed by atoms with van der Waals surface area (Å²) in [7, 11) is 0. The maximum Gasteiger partial charge on any atom is -0.00136 e. The number of hydrogen-bond acceptors (Lipinski definition) is 0. The van der Waals surface area contributed by atoms with E-state index in [-0.39, 0.29) is 0 Å². The second-order valence-electron chi connectivity index (χ2n) is 9.52. The third-order valence-corrected chi connectivity index (χ3v) is 7.31. The molecule has 0 amide bonds. The normalized spacial score (nSPS) is 15.0. The lowest BCUT2D eigenvalue weighted by molar-refractivity contribution is 1.45. The van der Waals surface area contributed by atoms with E-state index in [1.165, 1.54) is 77.9 Å². The SMILES string of the molecule is Cc1ccc2c(c1)/C(=C1\c3cc(C)ccc3-c3ccc(-c4ccccc4)cc31)c1ccccc1-2. The second-order valence-corrected chi connectivity index (χ2v) is 9.52. The van der Waals surface area contributed by atoms with Crippen molar-refractivity contribution >= 4 is 11.1 Å². The molecule has 0 aromatic heterocycles. The van der Waals surface area contributed by atoms with Gasteiger partial charge in [-0.25, -0.2) is 0 Å². The molecule has 0 saturated carbocycles. The van der Waals surface area contributed by atoms with Crippen LogP contribution in [0.2, 0.25) is 0 Å². The molecule has 0 radical (unpaired) electrons. The fourth-order valence-electron chi connectivity index (χ4n) is 5.76. The fourth-order valence-corrected chi connectivity index (χ4v) is 5.76. The summed E-state index contributed by atoms with van der Waals surface area (Å²) in [5.41, 5.74) is 18.5. The smallest absolute Gasteiger partial charge is 0.00136 e. The number of rotatable bonds is 1. The van der Waals surface area contributed by atoms with Crippen LogP contribution in [-0.4, -0.2) is 0 Å². The first kappa shape index (κ1) is 19.3. The van der Waals surface area contributed by atoms with Gasteiger partial charge in [0.15, 0.2) is 0 Å². The predicted octanol–water partition coefficient (Wildman–Crippen LogP) is 8.94. The van der Waals surface area contributed by atoms with Crippen LogP contribution in [0, 0.1) is 13.8 Å². The molecular weight excluding hydrogens is 408 g/mol. The molecule has 0 N–H and O–H groups in total. The van der Waals surface area contributed by atoms with Crippen LogP contribution in [0.25, 0.3) is 44.5 Å². The van der Waals surface area contributed by atoms with Gasteiger partial charge in [0, 0.05) is 0 Å². The molecule has 0 aliphatic heterocycles. The van der Waals surface area contributed by atoms with Gasteiger partial charge in [0.1, 0.15) is 0 Å². The average Bonchev–Trinajstić information content (AvgIpc) is 3.35. The first-order chi connectivity index (χ1) is 16.7. The number of aryl methyl sites for hydroxylation is 2. The van der Waals surface area contributed by atoms with Crippen molar-refractivity contribution in [3.05, 3.63) is 143 Å². The van der Waals surface area contributed by atoms with Crippen LogP contribution < -0.4 is 0 Å². The van der Waals surface area contributed by atoms with Crippen LogP contribution in [0.3, 0.4) is 0 Å². The van der Waals surface area contributed by atoms with E-state index >= 15 is 0 Å². The van der Waals surface area contributed by atoms with Gasteiger partial charge in [-0.1, -0.05) is 114 Å². The summed E-state index contributed by atoms with van der Waals surface area (Å²) in [6.07, 6.45) is 0. The third-order valence-electron chi connectivity index (χ3n) is 7.31. The largest absolute Gasteiger partial charge is 0.0622 e. The van der Waals surface area contributed by atoms with Crippen molar-refractivity contribution in [2.24, 2.45) is 0 Å². The third kappa shape index (κ3) is 2.72. The van der Waals surface area contributed by atoms with E-state index in [1.807, 2.05) is 0 Å². The number of fused-ring (bicyclic) bond motifs is 6. The first-order valence-electron chi connectivity index (χ1n) is 12.0. The zero-order valence-electron chi connectivity index (χ0n) is 19.4. The minimum atomic E-state index is 1.25. The topological polar surface area (TPSA) is 0 Å². The maximum atomic E-state index is 2.40. The zero-order valence-corrected chi connectivity index (χ0v) is 19.4. The van der Waals surface area contributed by atoms with E-state index in [0.29, 0.717) is 0 Å². The van der Waals surface area contributed by atoms with E-state index in [2.05, 4.69) is 123 Å². The molecule has 34 heavy (non-hydrogen) atoms. The Hall–Kier alpha value is -4.16. The number of hydrogen-bond donors (Lipinski definition) is 0. The van der Waals surface area contributed by atoms with Crippen molar-refractivity contribution in [2.75, 3.05) is 0 Å². The molecule has 0 spiro atoms. The Morgan fingerprint density at radius 1 is 0.324 bits per heavy atom. The monoisotopic (exact) mass is 432 g/mol. The molecular formula is C34H24. The quantitative estimate of drug-likeness (QED) is 0.243. The van der Waals surface area contributed by atoms with Crippen LogP contribution in [0.1, 0.15) is 33.4 Å². The predicted molar refractivity (Wildman–Crippen MR) is 144 cm³/mol. The molecule has 0 nitrogen and oxygen atoms in total. The highest BCUT2D eigenvalue weighted by molar-refractivity contribution is 6.19. The molecule has 5 aromatic carbocycles. The Bertz CT molecular complexity index is 1650. The molecule has 0 atom stereocenters. The highest BCUT2D eigenvalue weighted by Gasteiger charge is 2.32. The molecule has 5 aromatic rings. The summed E-state index contributed by atoms with van der Waals surface area (Å²) in [4.78, 5) is 0. The van der Waals surface area contributed by atoms with Gasteiger partial charge in [0.2, 0.25) is 0 Å². The van der Waals surface area contributed by atoms with Gasteiger partial charge in [-0.3, -0.25) is 0 Å². The van der Waals surface area contributed by atoms with Crippen LogP contribution in [0.15, 0.2) is 109 Å². The Morgan fingerprint density at radius 2 is 0.794 bits per heavy atom. The van der Waals surface area contributed by atoms with Crippen molar-refractivity contribution in [3.8, 4) is 33.4 Å². The van der Waals surface area contributed by atoms with E-state index in [9.17, 15) is 0 Å². The highest BCUT2D eigenvalue weighted by atomic mass is 14.3.